The zero-order valence-electron chi connectivity index (χ0n) is 12.8. The van der Waals surface area contributed by atoms with E-state index < -0.39 is 0 Å². The summed E-state index contributed by atoms with van der Waals surface area (Å²) in [5.41, 5.74) is 1.05. The first-order chi connectivity index (χ1) is 10.5. The van der Waals surface area contributed by atoms with Gasteiger partial charge in [0.2, 0.25) is 0 Å². The van der Waals surface area contributed by atoms with Crippen molar-refractivity contribution >= 4 is 22.0 Å². The summed E-state index contributed by atoms with van der Waals surface area (Å²) in [7, 11) is 1.53. The SMILES string of the molecule is CCOC(=O)N1CCN(Cc2cc(Br)c(O)c(OC)c2)CC1. The number of hydrogen-bond acceptors (Lipinski definition) is 5. The average molecular weight is 373 g/mol. The highest BCUT2D eigenvalue weighted by Crippen LogP contribution is 2.35. The number of amides is 1. The van der Waals surface area contributed by atoms with E-state index in [1.807, 2.05) is 19.1 Å². The fourth-order valence-corrected chi connectivity index (χ4v) is 2.93. The molecule has 22 heavy (non-hydrogen) atoms. The summed E-state index contributed by atoms with van der Waals surface area (Å²) < 4.78 is 10.8. The van der Waals surface area contributed by atoms with Crippen LogP contribution in [0.2, 0.25) is 0 Å². The van der Waals surface area contributed by atoms with Crippen LogP contribution in [-0.4, -0.2) is 60.9 Å². The number of carbonyl (C=O) groups is 1. The van der Waals surface area contributed by atoms with Gasteiger partial charge in [0.1, 0.15) is 0 Å². The van der Waals surface area contributed by atoms with Gasteiger partial charge in [0.05, 0.1) is 18.2 Å². The maximum absolute atomic E-state index is 11.7. The number of halogens is 1. The van der Waals surface area contributed by atoms with Crippen LogP contribution in [-0.2, 0) is 11.3 Å². The number of methoxy groups -OCH3 is 1. The van der Waals surface area contributed by atoms with E-state index in [0.717, 1.165) is 25.2 Å². The minimum absolute atomic E-state index is 0.110. The predicted molar refractivity (Wildman–Crippen MR) is 86.2 cm³/mol. The Kier molecular flexibility index (Phi) is 5.90. The van der Waals surface area contributed by atoms with Gasteiger partial charge >= 0.3 is 6.09 Å². The molecule has 1 heterocycles. The molecule has 0 saturated carbocycles. The second kappa shape index (κ2) is 7.69. The zero-order valence-corrected chi connectivity index (χ0v) is 14.4. The Labute approximate surface area is 138 Å². The average Bonchev–Trinajstić information content (AvgIpc) is 2.51. The molecular weight excluding hydrogens is 352 g/mol. The molecule has 6 nitrogen and oxygen atoms in total. The lowest BCUT2D eigenvalue weighted by Crippen LogP contribution is -2.48. The highest BCUT2D eigenvalue weighted by atomic mass is 79.9. The monoisotopic (exact) mass is 372 g/mol. The molecule has 1 aromatic rings. The number of phenolic OH excluding ortho intramolecular Hbond substituents is 1. The fourth-order valence-electron chi connectivity index (χ4n) is 2.44. The first-order valence-electron chi connectivity index (χ1n) is 7.24. The molecule has 1 aromatic carbocycles. The molecule has 1 fully saturated rings. The Morgan fingerprint density at radius 1 is 1.32 bits per heavy atom. The van der Waals surface area contributed by atoms with Crippen molar-refractivity contribution in [1.82, 2.24) is 9.80 Å². The van der Waals surface area contributed by atoms with Crippen molar-refractivity contribution in [3.05, 3.63) is 22.2 Å². The molecule has 1 N–H and O–H groups in total. The van der Waals surface area contributed by atoms with E-state index in [0.29, 0.717) is 29.9 Å². The summed E-state index contributed by atoms with van der Waals surface area (Å²) in [6, 6.07) is 3.72. The molecular formula is C15H21BrN2O4. The topological polar surface area (TPSA) is 62.2 Å². The standard InChI is InChI=1S/C15H21BrN2O4/c1-3-22-15(20)18-6-4-17(5-7-18)10-11-8-12(16)14(19)13(9-11)21-2/h8-9,19H,3-7,10H2,1-2H3. The molecule has 0 aliphatic carbocycles. The minimum Gasteiger partial charge on any atom is -0.503 e. The summed E-state index contributed by atoms with van der Waals surface area (Å²) >= 11 is 3.33. The Morgan fingerprint density at radius 2 is 2.00 bits per heavy atom. The van der Waals surface area contributed by atoms with Gasteiger partial charge in [-0.3, -0.25) is 4.90 Å². The lowest BCUT2D eigenvalue weighted by atomic mass is 10.1. The molecule has 2 rings (SSSR count). The summed E-state index contributed by atoms with van der Waals surface area (Å²) in [5.74, 6) is 0.563. The van der Waals surface area contributed by atoms with Crippen LogP contribution < -0.4 is 4.74 Å². The van der Waals surface area contributed by atoms with Gasteiger partial charge < -0.3 is 19.5 Å². The maximum atomic E-state index is 11.7. The van der Waals surface area contributed by atoms with E-state index in [1.54, 1.807) is 4.90 Å². The third-order valence-corrected chi connectivity index (χ3v) is 4.22. The molecule has 0 spiro atoms. The van der Waals surface area contributed by atoms with E-state index in [2.05, 4.69) is 20.8 Å². The number of carbonyl (C=O) groups excluding carboxylic acids is 1. The van der Waals surface area contributed by atoms with E-state index in [4.69, 9.17) is 9.47 Å². The van der Waals surface area contributed by atoms with Crippen LogP contribution in [0.25, 0.3) is 0 Å². The van der Waals surface area contributed by atoms with Gasteiger partial charge in [-0.2, -0.15) is 0 Å². The molecule has 1 aliphatic heterocycles. The van der Waals surface area contributed by atoms with Crippen molar-refractivity contribution in [2.24, 2.45) is 0 Å². The number of ether oxygens (including phenoxy) is 2. The minimum atomic E-state index is -0.240. The van der Waals surface area contributed by atoms with E-state index in [-0.39, 0.29) is 11.8 Å². The molecule has 1 saturated heterocycles. The number of rotatable bonds is 4. The third kappa shape index (κ3) is 4.04. The molecule has 1 amide bonds. The second-order valence-electron chi connectivity index (χ2n) is 5.09. The van der Waals surface area contributed by atoms with Crippen molar-refractivity contribution in [2.75, 3.05) is 39.9 Å². The molecule has 0 bridgehead atoms. The summed E-state index contributed by atoms with van der Waals surface area (Å²) in [5, 5.41) is 9.83. The summed E-state index contributed by atoms with van der Waals surface area (Å²) in [4.78, 5) is 15.7. The van der Waals surface area contributed by atoms with Crippen LogP contribution in [0.5, 0.6) is 11.5 Å². The van der Waals surface area contributed by atoms with Crippen molar-refractivity contribution in [3.8, 4) is 11.5 Å². The van der Waals surface area contributed by atoms with E-state index in [1.165, 1.54) is 7.11 Å². The zero-order chi connectivity index (χ0) is 16.1. The van der Waals surface area contributed by atoms with Crippen molar-refractivity contribution in [2.45, 2.75) is 13.5 Å². The normalized spacial score (nSPS) is 15.7. The van der Waals surface area contributed by atoms with Crippen LogP contribution in [0.3, 0.4) is 0 Å². The molecule has 0 radical (unpaired) electrons. The number of benzene rings is 1. The van der Waals surface area contributed by atoms with Gasteiger partial charge in [0.15, 0.2) is 11.5 Å². The van der Waals surface area contributed by atoms with Crippen LogP contribution >= 0.6 is 15.9 Å². The van der Waals surface area contributed by atoms with Gasteiger partial charge in [0.25, 0.3) is 0 Å². The van der Waals surface area contributed by atoms with Gasteiger partial charge in [-0.05, 0) is 40.5 Å². The fraction of sp³-hybridized carbons (Fsp3) is 0.533. The lowest BCUT2D eigenvalue weighted by Gasteiger charge is -2.34. The maximum Gasteiger partial charge on any atom is 0.409 e. The highest BCUT2D eigenvalue weighted by molar-refractivity contribution is 9.10. The van der Waals surface area contributed by atoms with Gasteiger partial charge in [0, 0.05) is 32.7 Å². The van der Waals surface area contributed by atoms with Crippen molar-refractivity contribution in [1.29, 1.82) is 0 Å². The first-order valence-corrected chi connectivity index (χ1v) is 8.03. The highest BCUT2D eigenvalue weighted by Gasteiger charge is 2.22. The smallest absolute Gasteiger partial charge is 0.409 e. The number of hydrogen-bond donors (Lipinski definition) is 1. The van der Waals surface area contributed by atoms with E-state index >= 15 is 0 Å². The quantitative estimate of drug-likeness (QED) is 0.879. The molecule has 1 aliphatic rings. The molecule has 0 aromatic heterocycles. The number of piperazine rings is 1. The predicted octanol–water partition coefficient (Wildman–Crippen LogP) is 2.44. The Bertz CT molecular complexity index is 531. The van der Waals surface area contributed by atoms with Gasteiger partial charge in [-0.1, -0.05) is 0 Å². The lowest BCUT2D eigenvalue weighted by molar-refractivity contribution is 0.0778. The number of nitrogens with zero attached hydrogens (tertiary/aromatic N) is 2. The Hall–Kier alpha value is -1.47. The van der Waals surface area contributed by atoms with Crippen LogP contribution in [0.15, 0.2) is 16.6 Å². The third-order valence-electron chi connectivity index (χ3n) is 3.61. The number of aromatic hydroxyl groups is 1. The number of phenols is 1. The Morgan fingerprint density at radius 3 is 2.59 bits per heavy atom. The van der Waals surface area contributed by atoms with Gasteiger partial charge in [-0.15, -0.1) is 0 Å². The summed E-state index contributed by atoms with van der Waals surface area (Å²) in [6.07, 6.45) is -0.240. The van der Waals surface area contributed by atoms with Crippen LogP contribution in [0.1, 0.15) is 12.5 Å². The largest absolute Gasteiger partial charge is 0.503 e. The van der Waals surface area contributed by atoms with Crippen molar-refractivity contribution < 1.29 is 19.4 Å². The Balaban J connectivity index is 1.94. The van der Waals surface area contributed by atoms with Crippen LogP contribution in [0.4, 0.5) is 4.79 Å². The van der Waals surface area contributed by atoms with E-state index in [9.17, 15) is 9.90 Å². The summed E-state index contributed by atoms with van der Waals surface area (Å²) in [6.45, 7) is 5.86. The second-order valence-corrected chi connectivity index (χ2v) is 5.94. The van der Waals surface area contributed by atoms with Crippen molar-refractivity contribution in [3.63, 3.8) is 0 Å². The molecule has 0 unspecified atom stereocenters. The first kappa shape index (κ1) is 16.9. The molecule has 7 heteroatoms. The molecule has 122 valence electrons. The van der Waals surface area contributed by atoms with Crippen LogP contribution in [0, 0.1) is 0 Å². The van der Waals surface area contributed by atoms with Gasteiger partial charge in [-0.25, -0.2) is 4.79 Å². The molecule has 0 atom stereocenters.